The number of hydrogen-bond acceptors (Lipinski definition) is 3. The summed E-state index contributed by atoms with van der Waals surface area (Å²) in [4.78, 5) is 0. The summed E-state index contributed by atoms with van der Waals surface area (Å²) in [5.74, 6) is 6.60. The van der Waals surface area contributed by atoms with Crippen LogP contribution in [-0.2, 0) is 13.5 Å². The van der Waals surface area contributed by atoms with Crippen LogP contribution in [0.2, 0.25) is 0 Å². The van der Waals surface area contributed by atoms with E-state index in [1.165, 1.54) is 32.1 Å². The Hall–Kier alpha value is -0.870. The predicted molar refractivity (Wildman–Crippen MR) is 78.4 cm³/mol. The summed E-state index contributed by atoms with van der Waals surface area (Å²) >= 11 is 0. The van der Waals surface area contributed by atoms with Crippen molar-refractivity contribution in [2.24, 2.45) is 24.2 Å². The third kappa shape index (κ3) is 3.37. The molecule has 1 aliphatic rings. The monoisotopic (exact) mass is 264 g/mol. The lowest BCUT2D eigenvalue weighted by Gasteiger charge is -2.38. The third-order valence-corrected chi connectivity index (χ3v) is 4.54. The third-order valence-electron chi connectivity index (χ3n) is 4.54. The van der Waals surface area contributed by atoms with Crippen molar-refractivity contribution in [3.05, 3.63) is 18.0 Å². The Labute approximate surface area is 116 Å². The molecule has 1 unspecified atom stereocenters. The summed E-state index contributed by atoms with van der Waals surface area (Å²) in [5.41, 5.74) is 4.60. The van der Waals surface area contributed by atoms with E-state index in [1.54, 1.807) is 0 Å². The quantitative estimate of drug-likeness (QED) is 0.613. The maximum absolute atomic E-state index is 5.88. The molecule has 108 valence electrons. The van der Waals surface area contributed by atoms with Gasteiger partial charge in [-0.2, -0.15) is 5.10 Å². The molecule has 0 aromatic carbocycles. The van der Waals surface area contributed by atoms with E-state index in [0.29, 0.717) is 11.5 Å². The summed E-state index contributed by atoms with van der Waals surface area (Å²) < 4.78 is 1.87. The highest BCUT2D eigenvalue weighted by Gasteiger charge is 2.41. The molecule has 19 heavy (non-hydrogen) atoms. The highest BCUT2D eigenvalue weighted by atomic mass is 15.3. The van der Waals surface area contributed by atoms with Crippen LogP contribution in [0.1, 0.15) is 51.6 Å². The minimum Gasteiger partial charge on any atom is -0.276 e. The van der Waals surface area contributed by atoms with Crippen molar-refractivity contribution in [3.8, 4) is 0 Å². The van der Waals surface area contributed by atoms with Crippen LogP contribution >= 0.6 is 0 Å². The first-order valence-corrected chi connectivity index (χ1v) is 7.50. The molecule has 1 aliphatic carbocycles. The second kappa shape index (κ2) is 6.06. The molecular weight excluding hydrogens is 236 g/mol. The smallest absolute Gasteiger partial charge is 0.0640 e. The Morgan fingerprint density at radius 3 is 2.58 bits per heavy atom. The molecule has 0 bridgehead atoms. The van der Waals surface area contributed by atoms with Gasteiger partial charge in [-0.1, -0.05) is 26.7 Å². The Morgan fingerprint density at radius 1 is 1.42 bits per heavy atom. The minimum atomic E-state index is 0.340. The van der Waals surface area contributed by atoms with E-state index >= 15 is 0 Å². The highest BCUT2D eigenvalue weighted by molar-refractivity contribution is 5.06. The van der Waals surface area contributed by atoms with Crippen molar-refractivity contribution in [3.63, 3.8) is 0 Å². The van der Waals surface area contributed by atoms with Gasteiger partial charge in [0.1, 0.15) is 0 Å². The molecule has 4 nitrogen and oxygen atoms in total. The Kier molecular flexibility index (Phi) is 4.63. The summed E-state index contributed by atoms with van der Waals surface area (Å²) in [6.07, 6.45) is 9.48. The van der Waals surface area contributed by atoms with Gasteiger partial charge in [-0.3, -0.25) is 16.0 Å². The van der Waals surface area contributed by atoms with Crippen LogP contribution in [0.5, 0.6) is 0 Å². The van der Waals surface area contributed by atoms with E-state index in [1.807, 2.05) is 17.9 Å². The molecule has 4 heteroatoms. The Morgan fingerprint density at radius 2 is 2.11 bits per heavy atom. The first-order chi connectivity index (χ1) is 9.05. The Bertz CT molecular complexity index is 391. The van der Waals surface area contributed by atoms with Gasteiger partial charge >= 0.3 is 0 Å². The number of hydrazine groups is 1. The van der Waals surface area contributed by atoms with Crippen LogP contribution in [0.25, 0.3) is 0 Å². The zero-order valence-electron chi connectivity index (χ0n) is 12.5. The van der Waals surface area contributed by atoms with Gasteiger partial charge in [-0.15, -0.1) is 0 Å². The van der Waals surface area contributed by atoms with Crippen LogP contribution < -0.4 is 11.3 Å². The molecule has 0 aliphatic heterocycles. The van der Waals surface area contributed by atoms with Crippen LogP contribution in [0.15, 0.2) is 12.3 Å². The molecule has 0 saturated heterocycles. The number of nitrogens with zero attached hydrogens (tertiary/aromatic N) is 2. The molecule has 1 fully saturated rings. The SMILES string of the molecule is CC(C)CC1(C(Cc2ccn(C)n2)NN)CCCC1. The van der Waals surface area contributed by atoms with Gasteiger partial charge in [0.15, 0.2) is 0 Å². The molecule has 0 amide bonds. The predicted octanol–water partition coefficient (Wildman–Crippen LogP) is 2.40. The number of nitrogens with two attached hydrogens (primary N) is 1. The Balaban J connectivity index is 2.13. The summed E-state index contributed by atoms with van der Waals surface area (Å²) in [7, 11) is 1.97. The summed E-state index contributed by atoms with van der Waals surface area (Å²) in [6.45, 7) is 4.63. The average molecular weight is 264 g/mol. The van der Waals surface area contributed by atoms with E-state index in [-0.39, 0.29) is 0 Å². The first kappa shape index (κ1) is 14.5. The van der Waals surface area contributed by atoms with Gasteiger partial charge in [0.05, 0.1) is 5.69 Å². The van der Waals surface area contributed by atoms with Crippen LogP contribution in [0.4, 0.5) is 0 Å². The van der Waals surface area contributed by atoms with Gasteiger partial charge in [-0.05, 0) is 36.7 Å². The normalized spacial score (nSPS) is 20.1. The molecule has 1 atom stereocenters. The van der Waals surface area contributed by atoms with Crippen LogP contribution in [-0.4, -0.2) is 15.8 Å². The lowest BCUT2D eigenvalue weighted by atomic mass is 9.71. The molecule has 2 rings (SSSR count). The van der Waals surface area contributed by atoms with E-state index < -0.39 is 0 Å². The van der Waals surface area contributed by atoms with Gasteiger partial charge in [0.2, 0.25) is 0 Å². The van der Waals surface area contributed by atoms with Gasteiger partial charge in [-0.25, -0.2) is 0 Å². The van der Waals surface area contributed by atoms with Crippen molar-refractivity contribution in [1.82, 2.24) is 15.2 Å². The fourth-order valence-corrected chi connectivity index (χ4v) is 3.82. The molecule has 0 spiro atoms. The number of nitrogens with one attached hydrogen (secondary N) is 1. The van der Waals surface area contributed by atoms with Crippen LogP contribution in [0.3, 0.4) is 0 Å². The second-order valence-corrected chi connectivity index (χ2v) is 6.57. The van der Waals surface area contributed by atoms with Crippen molar-refractivity contribution in [1.29, 1.82) is 0 Å². The molecule has 0 radical (unpaired) electrons. The van der Waals surface area contributed by atoms with E-state index in [0.717, 1.165) is 18.0 Å². The number of aryl methyl sites for hydroxylation is 1. The zero-order valence-corrected chi connectivity index (χ0v) is 12.5. The first-order valence-electron chi connectivity index (χ1n) is 7.50. The van der Waals surface area contributed by atoms with Crippen molar-refractivity contribution < 1.29 is 0 Å². The summed E-state index contributed by atoms with van der Waals surface area (Å²) in [6, 6.07) is 2.44. The standard InChI is InChI=1S/C15H28N4/c1-12(2)11-15(7-4-5-8-15)14(17-16)10-13-6-9-19(3)18-13/h6,9,12,14,17H,4-5,7-8,10-11,16H2,1-3H3. The van der Waals surface area contributed by atoms with E-state index in [9.17, 15) is 0 Å². The molecule has 1 aromatic heterocycles. The molecule has 1 heterocycles. The van der Waals surface area contributed by atoms with Gasteiger partial charge < -0.3 is 0 Å². The lowest BCUT2D eigenvalue weighted by molar-refractivity contribution is 0.153. The van der Waals surface area contributed by atoms with Crippen molar-refractivity contribution >= 4 is 0 Å². The fourth-order valence-electron chi connectivity index (χ4n) is 3.82. The average Bonchev–Trinajstić information content (AvgIpc) is 2.95. The van der Waals surface area contributed by atoms with Gasteiger partial charge in [0, 0.05) is 25.7 Å². The van der Waals surface area contributed by atoms with Crippen LogP contribution in [0, 0.1) is 11.3 Å². The largest absolute Gasteiger partial charge is 0.276 e. The summed E-state index contributed by atoms with van der Waals surface area (Å²) in [5, 5.41) is 4.50. The highest BCUT2D eigenvalue weighted by Crippen LogP contribution is 2.46. The molecule has 3 N–H and O–H groups in total. The molecular formula is C15H28N4. The van der Waals surface area contributed by atoms with Crippen molar-refractivity contribution in [2.45, 2.75) is 58.4 Å². The minimum absolute atomic E-state index is 0.340. The molecule has 1 saturated carbocycles. The number of aromatic nitrogens is 2. The number of rotatable bonds is 6. The van der Waals surface area contributed by atoms with E-state index in [4.69, 9.17) is 5.84 Å². The molecule has 1 aromatic rings. The maximum Gasteiger partial charge on any atom is 0.0640 e. The zero-order chi connectivity index (χ0) is 13.9. The van der Waals surface area contributed by atoms with E-state index in [2.05, 4.69) is 30.4 Å². The lowest BCUT2D eigenvalue weighted by Crippen LogP contribution is -2.49. The second-order valence-electron chi connectivity index (χ2n) is 6.57. The number of hydrogen-bond donors (Lipinski definition) is 2. The topological polar surface area (TPSA) is 55.9 Å². The van der Waals surface area contributed by atoms with Gasteiger partial charge in [0.25, 0.3) is 0 Å². The van der Waals surface area contributed by atoms with Crippen molar-refractivity contribution in [2.75, 3.05) is 0 Å². The maximum atomic E-state index is 5.88. The fraction of sp³-hybridized carbons (Fsp3) is 0.800.